The van der Waals surface area contributed by atoms with E-state index in [1.807, 2.05) is 28.8 Å². The molecule has 9 heteroatoms. The first kappa shape index (κ1) is 21.2. The van der Waals surface area contributed by atoms with E-state index in [2.05, 4.69) is 19.8 Å². The van der Waals surface area contributed by atoms with Crippen molar-refractivity contribution in [1.82, 2.24) is 24.4 Å². The minimum atomic E-state index is -2.84. The highest BCUT2D eigenvalue weighted by molar-refractivity contribution is 5.78. The molecule has 0 aliphatic carbocycles. The number of likely N-dealkylation sites (N-methyl/N-ethyl adjacent to an activating group) is 1. The van der Waals surface area contributed by atoms with E-state index in [0.29, 0.717) is 19.0 Å². The molecule has 0 atom stereocenters. The summed E-state index contributed by atoms with van der Waals surface area (Å²) in [6.45, 7) is -0.424. The van der Waals surface area contributed by atoms with Gasteiger partial charge in [-0.1, -0.05) is 18.2 Å². The van der Waals surface area contributed by atoms with Gasteiger partial charge in [-0.3, -0.25) is 14.1 Å². The van der Waals surface area contributed by atoms with E-state index < -0.39 is 6.61 Å². The summed E-state index contributed by atoms with van der Waals surface area (Å²) in [7, 11) is 1.75. The standard InChI is InChI=1S/C22H25F2N5O2/c1-27(14-16-5-7-18(8-6-16)31-22(23)24)20(30)15-28-12-9-17(10-13-28)21-26-25-19-4-2-3-11-29(19)21/h2-8,11,17,22H,9-10,12-15H2,1H3. The predicted octanol–water partition coefficient (Wildman–Crippen LogP) is 3.17. The first-order valence-corrected chi connectivity index (χ1v) is 10.3. The first-order valence-electron chi connectivity index (χ1n) is 10.3. The normalized spacial score (nSPS) is 15.5. The van der Waals surface area contributed by atoms with Crippen molar-refractivity contribution in [3.05, 3.63) is 60.0 Å². The van der Waals surface area contributed by atoms with Crippen molar-refractivity contribution in [3.63, 3.8) is 0 Å². The number of hydrogen-bond acceptors (Lipinski definition) is 5. The van der Waals surface area contributed by atoms with Crippen LogP contribution in [0, 0.1) is 0 Å². The second-order valence-electron chi connectivity index (χ2n) is 7.81. The third kappa shape index (κ3) is 5.16. The van der Waals surface area contributed by atoms with Crippen molar-refractivity contribution in [3.8, 4) is 5.75 Å². The van der Waals surface area contributed by atoms with Gasteiger partial charge in [0.15, 0.2) is 5.65 Å². The van der Waals surface area contributed by atoms with Gasteiger partial charge < -0.3 is 9.64 Å². The minimum Gasteiger partial charge on any atom is -0.435 e. The number of aromatic nitrogens is 3. The number of ether oxygens (including phenoxy) is 1. The smallest absolute Gasteiger partial charge is 0.387 e. The van der Waals surface area contributed by atoms with Crippen molar-refractivity contribution in [2.24, 2.45) is 0 Å². The molecule has 1 saturated heterocycles. The van der Waals surface area contributed by atoms with Crippen molar-refractivity contribution >= 4 is 11.6 Å². The Morgan fingerprint density at radius 1 is 1.16 bits per heavy atom. The largest absolute Gasteiger partial charge is 0.435 e. The maximum atomic E-state index is 12.6. The molecule has 0 radical (unpaired) electrons. The third-order valence-corrected chi connectivity index (χ3v) is 5.65. The highest BCUT2D eigenvalue weighted by Gasteiger charge is 2.26. The molecule has 0 N–H and O–H groups in total. The van der Waals surface area contributed by atoms with Crippen LogP contribution in [-0.4, -0.2) is 63.6 Å². The summed E-state index contributed by atoms with van der Waals surface area (Å²) >= 11 is 0. The molecule has 31 heavy (non-hydrogen) atoms. The van der Waals surface area contributed by atoms with Gasteiger partial charge in [-0.15, -0.1) is 10.2 Å². The number of rotatable bonds is 7. The zero-order valence-electron chi connectivity index (χ0n) is 17.3. The summed E-state index contributed by atoms with van der Waals surface area (Å²) in [5.41, 5.74) is 1.71. The number of nitrogens with zero attached hydrogens (tertiary/aromatic N) is 5. The van der Waals surface area contributed by atoms with Gasteiger partial charge in [-0.2, -0.15) is 8.78 Å². The number of fused-ring (bicyclic) bond motifs is 1. The number of alkyl halides is 2. The fraction of sp³-hybridized carbons (Fsp3) is 0.409. The van der Waals surface area contributed by atoms with Gasteiger partial charge in [0.1, 0.15) is 11.6 Å². The maximum Gasteiger partial charge on any atom is 0.387 e. The molecule has 2 aromatic heterocycles. The topological polar surface area (TPSA) is 63.0 Å². The van der Waals surface area contributed by atoms with E-state index >= 15 is 0 Å². The van der Waals surface area contributed by atoms with E-state index in [1.165, 1.54) is 12.1 Å². The summed E-state index contributed by atoms with van der Waals surface area (Å²) in [6, 6.07) is 12.2. The molecular formula is C22H25F2N5O2. The molecule has 3 heterocycles. The highest BCUT2D eigenvalue weighted by Crippen LogP contribution is 2.27. The van der Waals surface area contributed by atoms with Gasteiger partial charge in [0, 0.05) is 25.7 Å². The van der Waals surface area contributed by atoms with E-state index in [-0.39, 0.29) is 11.7 Å². The number of halogens is 2. The van der Waals surface area contributed by atoms with Crippen molar-refractivity contribution < 1.29 is 18.3 Å². The highest BCUT2D eigenvalue weighted by atomic mass is 19.3. The predicted molar refractivity (Wildman–Crippen MR) is 111 cm³/mol. The second kappa shape index (κ2) is 9.38. The van der Waals surface area contributed by atoms with Gasteiger partial charge in [0.2, 0.25) is 5.91 Å². The van der Waals surface area contributed by atoms with Crippen LogP contribution in [0.3, 0.4) is 0 Å². The molecule has 0 unspecified atom stereocenters. The number of benzene rings is 1. The first-order chi connectivity index (χ1) is 15.0. The van der Waals surface area contributed by atoms with E-state index in [0.717, 1.165) is 43.0 Å². The van der Waals surface area contributed by atoms with Crippen molar-refractivity contribution in [1.29, 1.82) is 0 Å². The fourth-order valence-corrected chi connectivity index (χ4v) is 3.94. The van der Waals surface area contributed by atoms with Crippen LogP contribution < -0.4 is 4.74 Å². The van der Waals surface area contributed by atoms with E-state index in [1.54, 1.807) is 24.1 Å². The summed E-state index contributed by atoms with van der Waals surface area (Å²) < 4.78 is 30.9. The van der Waals surface area contributed by atoms with Gasteiger partial charge in [0.05, 0.1) is 6.54 Å². The van der Waals surface area contributed by atoms with E-state index in [9.17, 15) is 13.6 Å². The monoisotopic (exact) mass is 429 g/mol. The number of carbonyl (C=O) groups is 1. The van der Waals surface area contributed by atoms with Crippen LogP contribution in [0.15, 0.2) is 48.7 Å². The Bertz CT molecular complexity index is 1020. The Balaban J connectivity index is 1.26. The van der Waals surface area contributed by atoms with Gasteiger partial charge in [-0.05, 0) is 55.8 Å². The lowest BCUT2D eigenvalue weighted by Gasteiger charge is -2.31. The van der Waals surface area contributed by atoms with Gasteiger partial charge in [-0.25, -0.2) is 0 Å². The fourth-order valence-electron chi connectivity index (χ4n) is 3.94. The Labute approximate surface area is 179 Å². The van der Waals surface area contributed by atoms with Gasteiger partial charge in [0.25, 0.3) is 0 Å². The third-order valence-electron chi connectivity index (χ3n) is 5.65. The molecule has 1 fully saturated rings. The summed E-state index contributed by atoms with van der Waals surface area (Å²) in [6.07, 6.45) is 3.85. The van der Waals surface area contributed by atoms with Crippen LogP contribution in [-0.2, 0) is 11.3 Å². The number of amides is 1. The molecular weight excluding hydrogens is 404 g/mol. The second-order valence-corrected chi connectivity index (χ2v) is 7.81. The number of pyridine rings is 1. The molecule has 3 aromatic rings. The molecule has 0 saturated carbocycles. The lowest BCUT2D eigenvalue weighted by atomic mass is 9.96. The zero-order valence-corrected chi connectivity index (χ0v) is 17.3. The molecule has 4 rings (SSSR count). The van der Waals surface area contributed by atoms with Crippen LogP contribution in [0.5, 0.6) is 5.75 Å². The average molecular weight is 429 g/mol. The van der Waals surface area contributed by atoms with Crippen molar-refractivity contribution in [2.45, 2.75) is 31.9 Å². The molecule has 1 amide bonds. The van der Waals surface area contributed by atoms with Gasteiger partial charge >= 0.3 is 6.61 Å². The Hall–Kier alpha value is -3.07. The van der Waals surface area contributed by atoms with E-state index in [4.69, 9.17) is 0 Å². The quantitative estimate of drug-likeness (QED) is 0.577. The lowest BCUT2D eigenvalue weighted by molar-refractivity contribution is -0.131. The summed E-state index contributed by atoms with van der Waals surface area (Å²) in [5, 5.41) is 8.61. The van der Waals surface area contributed by atoms with Crippen LogP contribution in [0.4, 0.5) is 8.78 Å². The van der Waals surface area contributed by atoms with Crippen LogP contribution in [0.1, 0.15) is 30.1 Å². The molecule has 0 bridgehead atoms. The number of carbonyl (C=O) groups excluding carboxylic acids is 1. The molecule has 1 aliphatic heterocycles. The molecule has 1 aromatic carbocycles. The van der Waals surface area contributed by atoms with Crippen LogP contribution >= 0.6 is 0 Å². The summed E-state index contributed by atoms with van der Waals surface area (Å²) in [4.78, 5) is 16.5. The minimum absolute atomic E-state index is 0.0271. The maximum absolute atomic E-state index is 12.6. The van der Waals surface area contributed by atoms with Crippen molar-refractivity contribution in [2.75, 3.05) is 26.7 Å². The lowest BCUT2D eigenvalue weighted by Crippen LogP contribution is -2.41. The molecule has 0 spiro atoms. The number of hydrogen-bond donors (Lipinski definition) is 0. The molecule has 7 nitrogen and oxygen atoms in total. The molecule has 164 valence electrons. The Morgan fingerprint density at radius 2 is 1.90 bits per heavy atom. The SMILES string of the molecule is CN(Cc1ccc(OC(F)F)cc1)C(=O)CN1CCC(c2nnc3ccccn23)CC1. The number of likely N-dealkylation sites (tertiary alicyclic amines) is 1. The zero-order chi connectivity index (χ0) is 21.8. The van der Waals surface area contributed by atoms with Crippen LogP contribution in [0.25, 0.3) is 5.65 Å². The Kier molecular flexibility index (Phi) is 6.41. The number of piperidine rings is 1. The summed E-state index contributed by atoms with van der Waals surface area (Å²) in [5.74, 6) is 1.45. The average Bonchev–Trinajstić information content (AvgIpc) is 3.19. The van der Waals surface area contributed by atoms with Crippen LogP contribution in [0.2, 0.25) is 0 Å². The Morgan fingerprint density at radius 3 is 2.61 bits per heavy atom. The molecule has 1 aliphatic rings.